The van der Waals surface area contributed by atoms with Crippen LogP contribution in [0.4, 0.5) is 0 Å². The zero-order valence-corrected chi connectivity index (χ0v) is 13.6. The van der Waals surface area contributed by atoms with Crippen LogP contribution in [0.3, 0.4) is 0 Å². The number of carbonyl (C=O) groups excluding carboxylic acids is 2. The first-order valence-electron chi connectivity index (χ1n) is 6.56. The van der Waals surface area contributed by atoms with Crippen LogP contribution in [-0.4, -0.2) is 23.4 Å². The Bertz CT molecular complexity index is 738. The largest absolute Gasteiger partial charge is 0.484 e. The first-order chi connectivity index (χ1) is 11.0. The van der Waals surface area contributed by atoms with Crippen molar-refractivity contribution in [1.29, 1.82) is 0 Å². The van der Waals surface area contributed by atoms with E-state index >= 15 is 0 Å². The van der Waals surface area contributed by atoms with Gasteiger partial charge in [-0.2, -0.15) is 0 Å². The minimum Gasteiger partial charge on any atom is -0.484 e. The van der Waals surface area contributed by atoms with E-state index < -0.39 is 11.8 Å². The number of aryl methyl sites for hydroxylation is 1. The molecule has 120 valence electrons. The lowest BCUT2D eigenvalue weighted by molar-refractivity contribution is -0.123. The van der Waals surface area contributed by atoms with E-state index in [4.69, 9.17) is 27.9 Å². The molecule has 2 rings (SSSR count). The lowest BCUT2D eigenvalue weighted by Crippen LogP contribution is -2.44. The summed E-state index contributed by atoms with van der Waals surface area (Å²) in [6.45, 7) is 1.66. The Balaban J connectivity index is 1.84. The van der Waals surface area contributed by atoms with E-state index in [-0.39, 0.29) is 22.5 Å². The maximum absolute atomic E-state index is 11.9. The average Bonchev–Trinajstić information content (AvgIpc) is 2.53. The summed E-state index contributed by atoms with van der Waals surface area (Å²) in [5.74, 6) is -0.648. The predicted molar refractivity (Wildman–Crippen MR) is 86.5 cm³/mol. The van der Waals surface area contributed by atoms with Crippen molar-refractivity contribution >= 4 is 35.0 Å². The van der Waals surface area contributed by atoms with Crippen molar-refractivity contribution in [1.82, 2.24) is 15.8 Å². The Hall–Kier alpha value is -2.31. The predicted octanol–water partition coefficient (Wildman–Crippen LogP) is 2.54. The number of hydrazine groups is 1. The van der Waals surface area contributed by atoms with Gasteiger partial charge in [-0.15, -0.1) is 0 Å². The lowest BCUT2D eigenvalue weighted by atomic mass is 10.2. The quantitative estimate of drug-likeness (QED) is 0.653. The Kier molecular flexibility index (Phi) is 5.78. The topological polar surface area (TPSA) is 80.3 Å². The molecule has 0 radical (unpaired) electrons. The van der Waals surface area contributed by atoms with Crippen LogP contribution in [0.15, 0.2) is 36.4 Å². The number of halogens is 2. The molecule has 0 aliphatic carbocycles. The van der Waals surface area contributed by atoms with Crippen LogP contribution in [0.5, 0.6) is 5.75 Å². The molecule has 0 atom stereocenters. The summed E-state index contributed by atoms with van der Waals surface area (Å²) < 4.78 is 5.30. The Morgan fingerprint density at radius 2 is 1.96 bits per heavy atom. The van der Waals surface area contributed by atoms with Gasteiger partial charge in [0.05, 0.1) is 5.02 Å². The van der Waals surface area contributed by atoms with Gasteiger partial charge in [-0.3, -0.25) is 20.4 Å². The molecule has 8 heteroatoms. The van der Waals surface area contributed by atoms with Crippen LogP contribution in [0.1, 0.15) is 16.1 Å². The number of ether oxygens (including phenoxy) is 1. The van der Waals surface area contributed by atoms with Gasteiger partial charge in [-0.25, -0.2) is 4.98 Å². The summed E-state index contributed by atoms with van der Waals surface area (Å²) in [6.07, 6.45) is 0. The van der Waals surface area contributed by atoms with Gasteiger partial charge >= 0.3 is 0 Å². The molecule has 1 aromatic carbocycles. The number of hydrogen-bond donors (Lipinski definition) is 2. The molecule has 23 heavy (non-hydrogen) atoms. The van der Waals surface area contributed by atoms with Crippen LogP contribution >= 0.6 is 23.2 Å². The van der Waals surface area contributed by atoms with Crippen molar-refractivity contribution < 1.29 is 14.3 Å². The van der Waals surface area contributed by atoms with Crippen molar-refractivity contribution in [2.75, 3.05) is 6.61 Å². The highest BCUT2D eigenvalue weighted by Gasteiger charge is 2.14. The molecule has 6 nitrogen and oxygen atoms in total. The Morgan fingerprint density at radius 3 is 2.70 bits per heavy atom. The highest BCUT2D eigenvalue weighted by molar-refractivity contribution is 6.34. The van der Waals surface area contributed by atoms with Crippen LogP contribution in [0.25, 0.3) is 0 Å². The molecule has 0 saturated heterocycles. The van der Waals surface area contributed by atoms with Crippen molar-refractivity contribution in [3.05, 3.63) is 57.8 Å². The summed E-state index contributed by atoms with van der Waals surface area (Å²) in [5, 5.41) is 0.241. The third-order valence-corrected chi connectivity index (χ3v) is 3.22. The van der Waals surface area contributed by atoms with Crippen LogP contribution < -0.4 is 15.6 Å². The molecule has 0 fully saturated rings. The van der Waals surface area contributed by atoms with Gasteiger partial charge < -0.3 is 4.74 Å². The van der Waals surface area contributed by atoms with Crippen molar-refractivity contribution in [3.63, 3.8) is 0 Å². The number of rotatable bonds is 4. The van der Waals surface area contributed by atoms with Crippen LogP contribution in [0.2, 0.25) is 10.2 Å². The van der Waals surface area contributed by atoms with E-state index in [1.54, 1.807) is 12.1 Å². The SMILES string of the molecule is Cc1cccc(OCC(=O)NNC(=O)c2nc(Cl)ccc2Cl)c1. The maximum atomic E-state index is 11.9. The fourth-order valence-corrected chi connectivity index (χ4v) is 1.99. The summed E-state index contributed by atoms with van der Waals surface area (Å²) in [4.78, 5) is 27.3. The first-order valence-corrected chi connectivity index (χ1v) is 7.32. The van der Waals surface area contributed by atoms with Crippen molar-refractivity contribution in [3.8, 4) is 5.75 Å². The number of benzene rings is 1. The molecule has 0 saturated carbocycles. The molecule has 2 aromatic rings. The zero-order chi connectivity index (χ0) is 16.8. The monoisotopic (exact) mass is 353 g/mol. The van der Waals surface area contributed by atoms with E-state index in [0.717, 1.165) is 5.56 Å². The number of nitrogens with one attached hydrogen (secondary N) is 2. The van der Waals surface area contributed by atoms with E-state index in [0.29, 0.717) is 5.75 Å². The third kappa shape index (κ3) is 5.12. The molecule has 0 bridgehead atoms. The minimum absolute atomic E-state index is 0.0842. The molecule has 0 aliphatic rings. The molecular weight excluding hydrogens is 341 g/mol. The average molecular weight is 354 g/mol. The number of pyridine rings is 1. The minimum atomic E-state index is -0.679. The summed E-state index contributed by atoms with van der Waals surface area (Å²) in [5.41, 5.74) is 5.33. The highest BCUT2D eigenvalue weighted by atomic mass is 35.5. The van der Waals surface area contributed by atoms with Crippen LogP contribution in [-0.2, 0) is 4.79 Å². The van der Waals surface area contributed by atoms with Gasteiger partial charge in [0, 0.05) is 0 Å². The van der Waals surface area contributed by atoms with E-state index in [2.05, 4.69) is 15.8 Å². The second-order valence-electron chi connectivity index (χ2n) is 4.57. The first kappa shape index (κ1) is 17.1. The Labute approximate surface area is 142 Å². The van der Waals surface area contributed by atoms with E-state index in [1.165, 1.54) is 12.1 Å². The van der Waals surface area contributed by atoms with Gasteiger partial charge in [-0.1, -0.05) is 35.3 Å². The van der Waals surface area contributed by atoms with Crippen LogP contribution in [0, 0.1) is 6.92 Å². The van der Waals surface area contributed by atoms with Gasteiger partial charge in [0.15, 0.2) is 6.61 Å². The molecule has 2 amide bonds. The fraction of sp³-hybridized carbons (Fsp3) is 0.133. The van der Waals surface area contributed by atoms with E-state index in [9.17, 15) is 9.59 Å². The molecule has 0 aliphatic heterocycles. The summed E-state index contributed by atoms with van der Waals surface area (Å²) >= 11 is 11.5. The number of hydrogen-bond acceptors (Lipinski definition) is 4. The molecule has 0 unspecified atom stereocenters. The van der Waals surface area contributed by atoms with Gasteiger partial charge in [0.1, 0.15) is 16.6 Å². The fourth-order valence-electron chi connectivity index (χ4n) is 1.65. The second-order valence-corrected chi connectivity index (χ2v) is 5.37. The third-order valence-electron chi connectivity index (χ3n) is 2.70. The lowest BCUT2D eigenvalue weighted by Gasteiger charge is -2.09. The number of nitrogens with zero attached hydrogens (tertiary/aromatic N) is 1. The standard InChI is InChI=1S/C15H13Cl2N3O3/c1-9-3-2-4-10(7-9)23-8-13(21)19-20-15(22)14-11(16)5-6-12(17)18-14/h2-7H,8H2,1H3,(H,19,21)(H,20,22). The molecule has 0 spiro atoms. The Morgan fingerprint density at radius 1 is 1.17 bits per heavy atom. The highest BCUT2D eigenvalue weighted by Crippen LogP contribution is 2.16. The maximum Gasteiger partial charge on any atom is 0.289 e. The van der Waals surface area contributed by atoms with E-state index in [1.807, 2.05) is 19.1 Å². The van der Waals surface area contributed by atoms with Crippen molar-refractivity contribution in [2.24, 2.45) is 0 Å². The van der Waals surface area contributed by atoms with Crippen molar-refractivity contribution in [2.45, 2.75) is 6.92 Å². The number of aromatic nitrogens is 1. The molecule has 2 N–H and O–H groups in total. The van der Waals surface area contributed by atoms with Gasteiger partial charge in [0.2, 0.25) is 0 Å². The summed E-state index contributed by atoms with van der Waals surface area (Å²) in [7, 11) is 0. The molecular formula is C15H13Cl2N3O3. The van der Waals surface area contributed by atoms with Gasteiger partial charge in [0.25, 0.3) is 11.8 Å². The molecule has 1 aromatic heterocycles. The summed E-state index contributed by atoms with van der Waals surface area (Å²) in [6, 6.07) is 10.1. The molecule has 1 heterocycles. The smallest absolute Gasteiger partial charge is 0.289 e. The number of amides is 2. The zero-order valence-electron chi connectivity index (χ0n) is 12.1. The number of carbonyl (C=O) groups is 2. The van der Waals surface area contributed by atoms with Gasteiger partial charge in [-0.05, 0) is 36.8 Å². The second kappa shape index (κ2) is 7.80. The normalized spacial score (nSPS) is 10.0.